The summed E-state index contributed by atoms with van der Waals surface area (Å²) >= 11 is 15.4. The van der Waals surface area contributed by atoms with Crippen molar-refractivity contribution in [3.63, 3.8) is 0 Å². The number of carbonyl (C=O) groups excluding carboxylic acids is 1. The van der Waals surface area contributed by atoms with E-state index < -0.39 is 18.2 Å². The van der Waals surface area contributed by atoms with Crippen LogP contribution in [0.2, 0.25) is 10.0 Å². The van der Waals surface area contributed by atoms with Gasteiger partial charge in [-0.05, 0) is 54.1 Å². The van der Waals surface area contributed by atoms with Crippen LogP contribution < -0.4 is 0 Å². The second-order valence-electron chi connectivity index (χ2n) is 8.03. The summed E-state index contributed by atoms with van der Waals surface area (Å²) in [7, 11) is 0. The van der Waals surface area contributed by atoms with Gasteiger partial charge in [0.05, 0.1) is 11.2 Å². The fraction of sp³-hybridized carbons (Fsp3) is 0.120. The molecule has 35 heavy (non-hydrogen) atoms. The first-order valence-corrected chi connectivity index (χ1v) is 11.8. The summed E-state index contributed by atoms with van der Waals surface area (Å²) in [6, 6.07) is 17.2. The molecule has 3 aromatic carbocycles. The lowest BCUT2D eigenvalue weighted by Crippen LogP contribution is -2.42. The van der Waals surface area contributed by atoms with E-state index in [1.807, 2.05) is 24.3 Å². The molecule has 1 aliphatic heterocycles. The van der Waals surface area contributed by atoms with Gasteiger partial charge in [0.25, 0.3) is 11.5 Å². The maximum atomic E-state index is 14.2. The number of halogens is 6. The Kier molecular flexibility index (Phi) is 5.94. The van der Waals surface area contributed by atoms with Crippen LogP contribution in [0.1, 0.15) is 27.9 Å². The van der Waals surface area contributed by atoms with Crippen molar-refractivity contribution >= 4 is 61.7 Å². The summed E-state index contributed by atoms with van der Waals surface area (Å²) in [5.74, 6) is -0.271. The summed E-state index contributed by atoms with van der Waals surface area (Å²) in [4.78, 5) is 18.1. The lowest BCUT2D eigenvalue weighted by atomic mass is 9.86. The molecule has 0 saturated carbocycles. The summed E-state index contributed by atoms with van der Waals surface area (Å²) in [5.41, 5.74) is -1.36. The average molecular weight is 582 g/mol. The molecule has 1 aliphatic rings. The highest BCUT2D eigenvalue weighted by Crippen LogP contribution is 2.49. The number of alkyl halides is 3. The van der Waals surface area contributed by atoms with Gasteiger partial charge < -0.3 is 4.84 Å². The second kappa shape index (κ2) is 8.69. The van der Waals surface area contributed by atoms with E-state index in [1.54, 1.807) is 30.5 Å². The molecule has 0 amide bonds. The van der Waals surface area contributed by atoms with E-state index in [-0.39, 0.29) is 27.2 Å². The third-order valence-electron chi connectivity index (χ3n) is 5.88. The number of hydrogen-bond acceptors (Lipinski definition) is 3. The molecular weight excluding hydrogens is 568 g/mol. The van der Waals surface area contributed by atoms with Crippen molar-refractivity contribution in [1.82, 2.24) is 4.57 Å². The van der Waals surface area contributed by atoms with Crippen LogP contribution in [0.3, 0.4) is 0 Å². The Labute approximate surface area is 216 Å². The molecule has 4 nitrogen and oxygen atoms in total. The standard InChI is InChI=1S/C25H14BrCl2F3N2O2/c26-20-2-1-3-22-19(20)8-9-33(22)23(34)15-6-4-14(5-7-15)21-13-24(35-32-21,25(29,30)31)16-10-17(27)12-18(28)11-16/h1-12H,13H2. The first-order chi connectivity index (χ1) is 16.6. The highest BCUT2D eigenvalue weighted by molar-refractivity contribution is 9.10. The molecule has 0 spiro atoms. The van der Waals surface area contributed by atoms with Gasteiger partial charge in [0.15, 0.2) is 0 Å². The minimum Gasteiger partial charge on any atom is -0.374 e. The molecule has 0 saturated heterocycles. The molecule has 0 N–H and O–H groups in total. The molecule has 5 rings (SSSR count). The molecule has 10 heteroatoms. The average Bonchev–Trinajstić information content (AvgIpc) is 3.45. The van der Waals surface area contributed by atoms with Crippen LogP contribution in [0.15, 0.2) is 82.6 Å². The van der Waals surface area contributed by atoms with Gasteiger partial charge >= 0.3 is 6.18 Å². The van der Waals surface area contributed by atoms with Crippen molar-refractivity contribution in [2.75, 3.05) is 0 Å². The van der Waals surface area contributed by atoms with Crippen LogP contribution in [0, 0.1) is 0 Å². The minimum atomic E-state index is -4.79. The van der Waals surface area contributed by atoms with Crippen LogP contribution >= 0.6 is 39.1 Å². The molecule has 1 atom stereocenters. The zero-order valence-electron chi connectivity index (χ0n) is 17.6. The molecule has 178 valence electrons. The predicted octanol–water partition coefficient (Wildman–Crippen LogP) is 7.98. The summed E-state index contributed by atoms with van der Waals surface area (Å²) in [5, 5.41) is 4.75. The molecule has 0 bridgehead atoms. The van der Waals surface area contributed by atoms with E-state index in [0.717, 1.165) is 15.4 Å². The molecule has 0 fully saturated rings. The maximum absolute atomic E-state index is 14.2. The number of oxime groups is 1. The highest BCUT2D eigenvalue weighted by atomic mass is 79.9. The maximum Gasteiger partial charge on any atom is 0.435 e. The van der Waals surface area contributed by atoms with Gasteiger partial charge in [0.2, 0.25) is 0 Å². The summed E-state index contributed by atoms with van der Waals surface area (Å²) in [6.45, 7) is 0. The minimum absolute atomic E-state index is 0.0561. The Morgan fingerprint density at radius 3 is 2.37 bits per heavy atom. The van der Waals surface area contributed by atoms with Gasteiger partial charge in [-0.25, -0.2) is 0 Å². The van der Waals surface area contributed by atoms with Crippen molar-refractivity contribution in [3.8, 4) is 0 Å². The van der Waals surface area contributed by atoms with Gasteiger partial charge in [-0.15, -0.1) is 0 Å². The SMILES string of the molecule is O=C(c1ccc(C2=NOC(c3cc(Cl)cc(Cl)c3)(C(F)(F)F)C2)cc1)n1ccc2c(Br)cccc21. The lowest BCUT2D eigenvalue weighted by Gasteiger charge is -2.29. The number of benzene rings is 3. The number of hydrogen-bond donors (Lipinski definition) is 0. The van der Waals surface area contributed by atoms with Crippen molar-refractivity contribution in [2.24, 2.45) is 5.16 Å². The molecule has 1 aromatic heterocycles. The zero-order chi connectivity index (χ0) is 25.0. The number of fused-ring (bicyclic) bond motifs is 1. The van der Waals surface area contributed by atoms with Gasteiger partial charge in [0.1, 0.15) is 0 Å². The van der Waals surface area contributed by atoms with E-state index in [4.69, 9.17) is 28.0 Å². The van der Waals surface area contributed by atoms with Crippen molar-refractivity contribution < 1.29 is 22.8 Å². The molecule has 0 aliphatic carbocycles. The van der Waals surface area contributed by atoms with Gasteiger partial charge in [-0.2, -0.15) is 13.2 Å². The van der Waals surface area contributed by atoms with Crippen molar-refractivity contribution in [3.05, 3.63) is 104 Å². The monoisotopic (exact) mass is 580 g/mol. The first kappa shape index (κ1) is 23.9. The Morgan fingerprint density at radius 1 is 1.03 bits per heavy atom. The highest BCUT2D eigenvalue weighted by Gasteiger charge is 2.62. The third-order valence-corrected chi connectivity index (χ3v) is 7.01. The molecule has 0 radical (unpaired) electrons. The van der Waals surface area contributed by atoms with E-state index in [1.165, 1.54) is 22.8 Å². The van der Waals surface area contributed by atoms with Crippen LogP contribution in [-0.4, -0.2) is 22.4 Å². The van der Waals surface area contributed by atoms with Crippen LogP contribution in [-0.2, 0) is 10.4 Å². The topological polar surface area (TPSA) is 43.6 Å². The molecule has 2 heterocycles. The fourth-order valence-corrected chi connectivity index (χ4v) is 5.11. The fourth-order valence-electron chi connectivity index (χ4n) is 4.10. The normalized spacial score (nSPS) is 17.9. The second-order valence-corrected chi connectivity index (χ2v) is 9.76. The number of nitrogens with zero attached hydrogens (tertiary/aromatic N) is 2. The Hall–Kier alpha value is -2.81. The number of carbonyl (C=O) groups is 1. The van der Waals surface area contributed by atoms with Crippen LogP contribution in [0.25, 0.3) is 10.9 Å². The summed E-state index contributed by atoms with van der Waals surface area (Å²) < 4.78 is 45.0. The molecule has 1 unspecified atom stereocenters. The Morgan fingerprint density at radius 2 is 1.71 bits per heavy atom. The number of aromatic nitrogens is 1. The van der Waals surface area contributed by atoms with Crippen molar-refractivity contribution in [1.29, 1.82) is 0 Å². The third kappa shape index (κ3) is 4.13. The lowest BCUT2D eigenvalue weighted by molar-refractivity contribution is -0.275. The van der Waals surface area contributed by atoms with Gasteiger partial charge in [-0.3, -0.25) is 9.36 Å². The quantitative estimate of drug-likeness (QED) is 0.246. The van der Waals surface area contributed by atoms with Gasteiger partial charge in [0, 0.05) is 43.6 Å². The van der Waals surface area contributed by atoms with E-state index in [0.29, 0.717) is 11.1 Å². The smallest absolute Gasteiger partial charge is 0.374 e. The van der Waals surface area contributed by atoms with Crippen LogP contribution in [0.5, 0.6) is 0 Å². The predicted molar refractivity (Wildman–Crippen MR) is 132 cm³/mol. The Balaban J connectivity index is 1.43. The largest absolute Gasteiger partial charge is 0.435 e. The summed E-state index contributed by atoms with van der Waals surface area (Å²) in [6.07, 6.45) is -3.68. The van der Waals surface area contributed by atoms with Gasteiger partial charge in [-0.1, -0.05) is 62.5 Å². The van der Waals surface area contributed by atoms with E-state index >= 15 is 0 Å². The van der Waals surface area contributed by atoms with Crippen molar-refractivity contribution in [2.45, 2.75) is 18.2 Å². The Bertz CT molecular complexity index is 1480. The molecule has 4 aromatic rings. The number of rotatable bonds is 3. The van der Waals surface area contributed by atoms with E-state index in [2.05, 4.69) is 21.1 Å². The van der Waals surface area contributed by atoms with E-state index in [9.17, 15) is 18.0 Å². The van der Waals surface area contributed by atoms with Crippen LogP contribution in [0.4, 0.5) is 13.2 Å². The first-order valence-electron chi connectivity index (χ1n) is 10.3. The molecular formula is C25H14BrCl2F3N2O2. The zero-order valence-corrected chi connectivity index (χ0v) is 20.7.